The SMILES string of the molecule is CC1(C)CC(=O)c2c(C(F)(F)F)nn(-c3ccc(C(N)=O)c(NC4CCN(CCCCCC(=O)NO)CC4)c3)c2C1. The number of nitrogens with one attached hydrogen (secondary N) is 2. The minimum Gasteiger partial charge on any atom is -0.382 e. The molecule has 0 unspecified atom stereocenters. The van der Waals surface area contributed by atoms with Crippen LogP contribution in [0.2, 0.25) is 0 Å². The molecule has 1 aliphatic heterocycles. The molecule has 41 heavy (non-hydrogen) atoms. The van der Waals surface area contributed by atoms with E-state index in [0.29, 0.717) is 17.8 Å². The van der Waals surface area contributed by atoms with E-state index in [1.54, 1.807) is 11.5 Å². The molecule has 1 aliphatic carbocycles. The van der Waals surface area contributed by atoms with Crippen molar-refractivity contribution in [1.29, 1.82) is 0 Å². The highest BCUT2D eigenvalue weighted by molar-refractivity contribution is 6.00. The van der Waals surface area contributed by atoms with Gasteiger partial charge < -0.3 is 16.0 Å². The van der Waals surface area contributed by atoms with E-state index in [2.05, 4.69) is 15.3 Å². The molecule has 0 bridgehead atoms. The monoisotopic (exact) mass is 578 g/mol. The Hall–Kier alpha value is -3.45. The molecule has 0 radical (unpaired) electrons. The highest BCUT2D eigenvalue weighted by Gasteiger charge is 2.45. The number of nitrogens with two attached hydrogens (primary N) is 1. The highest BCUT2D eigenvalue weighted by atomic mass is 19.4. The molecule has 1 aromatic heterocycles. The number of Topliss-reactive ketones (excluding diaryl/α,β-unsaturated/α-hetero) is 1. The zero-order chi connectivity index (χ0) is 29.9. The molecule has 224 valence electrons. The molecule has 13 heteroatoms. The number of halogens is 3. The number of primary amides is 1. The molecule has 1 aromatic carbocycles. The second-order valence-corrected chi connectivity index (χ2v) is 11.7. The summed E-state index contributed by atoms with van der Waals surface area (Å²) in [6, 6.07) is 4.57. The van der Waals surface area contributed by atoms with Crippen LogP contribution in [0.4, 0.5) is 18.9 Å². The second kappa shape index (κ2) is 12.2. The summed E-state index contributed by atoms with van der Waals surface area (Å²) in [4.78, 5) is 38.4. The lowest BCUT2D eigenvalue weighted by Gasteiger charge is -2.33. The summed E-state index contributed by atoms with van der Waals surface area (Å²) in [6.45, 7) is 6.20. The maximum Gasteiger partial charge on any atom is 0.435 e. The second-order valence-electron chi connectivity index (χ2n) is 11.7. The molecule has 5 N–H and O–H groups in total. The predicted octanol–water partition coefficient (Wildman–Crippen LogP) is 4.09. The minimum absolute atomic E-state index is 0.00174. The van der Waals surface area contributed by atoms with Crippen molar-refractivity contribution >= 4 is 23.3 Å². The van der Waals surface area contributed by atoms with Gasteiger partial charge in [0.1, 0.15) is 0 Å². The lowest BCUT2D eigenvalue weighted by Crippen LogP contribution is -2.39. The van der Waals surface area contributed by atoms with Gasteiger partial charge in [-0.25, -0.2) is 10.2 Å². The molecular weight excluding hydrogens is 541 g/mol. The first-order valence-electron chi connectivity index (χ1n) is 13.9. The summed E-state index contributed by atoms with van der Waals surface area (Å²) in [5, 5.41) is 15.8. The summed E-state index contributed by atoms with van der Waals surface area (Å²) in [6.07, 6.45) is -0.187. The van der Waals surface area contributed by atoms with Gasteiger partial charge in [0, 0.05) is 37.7 Å². The van der Waals surface area contributed by atoms with Crippen LogP contribution in [0.25, 0.3) is 5.69 Å². The van der Waals surface area contributed by atoms with Crippen LogP contribution >= 0.6 is 0 Å². The van der Waals surface area contributed by atoms with E-state index in [-0.39, 0.29) is 48.0 Å². The number of anilines is 1. The summed E-state index contributed by atoms with van der Waals surface area (Å²) < 4.78 is 42.9. The summed E-state index contributed by atoms with van der Waals surface area (Å²) >= 11 is 0. The van der Waals surface area contributed by atoms with Gasteiger partial charge in [-0.05, 0) is 62.3 Å². The number of hydrogen-bond donors (Lipinski definition) is 4. The first-order valence-corrected chi connectivity index (χ1v) is 13.9. The average molecular weight is 579 g/mol. The van der Waals surface area contributed by atoms with Gasteiger partial charge >= 0.3 is 6.18 Å². The van der Waals surface area contributed by atoms with Gasteiger partial charge in [-0.2, -0.15) is 18.3 Å². The molecule has 0 atom stereocenters. The Morgan fingerprint density at radius 3 is 2.49 bits per heavy atom. The van der Waals surface area contributed by atoms with Crippen LogP contribution in [0.1, 0.15) is 90.9 Å². The van der Waals surface area contributed by atoms with E-state index in [1.807, 2.05) is 13.8 Å². The number of alkyl halides is 3. The van der Waals surface area contributed by atoms with Gasteiger partial charge in [-0.3, -0.25) is 19.6 Å². The van der Waals surface area contributed by atoms with Gasteiger partial charge in [0.15, 0.2) is 11.5 Å². The molecule has 10 nitrogen and oxygen atoms in total. The zero-order valence-corrected chi connectivity index (χ0v) is 23.3. The lowest BCUT2D eigenvalue weighted by atomic mass is 9.75. The van der Waals surface area contributed by atoms with Gasteiger partial charge in [0.2, 0.25) is 5.91 Å². The minimum atomic E-state index is -4.79. The Bertz CT molecular complexity index is 1300. The average Bonchev–Trinajstić information content (AvgIpc) is 3.28. The fourth-order valence-electron chi connectivity index (χ4n) is 5.73. The molecular formula is C28H37F3N6O4. The normalized spacial score (nSPS) is 17.8. The number of rotatable bonds is 10. The zero-order valence-electron chi connectivity index (χ0n) is 23.3. The number of benzene rings is 1. The Morgan fingerprint density at radius 1 is 1.15 bits per heavy atom. The number of fused-ring (bicyclic) bond motifs is 1. The van der Waals surface area contributed by atoms with E-state index in [1.165, 1.54) is 16.8 Å². The van der Waals surface area contributed by atoms with Crippen molar-refractivity contribution in [3.63, 3.8) is 0 Å². The predicted molar refractivity (Wildman–Crippen MR) is 145 cm³/mol. The molecule has 1 saturated heterocycles. The summed E-state index contributed by atoms with van der Waals surface area (Å²) in [5.74, 6) is -1.63. The van der Waals surface area contributed by atoms with Crippen molar-refractivity contribution in [3.8, 4) is 5.69 Å². The molecule has 4 rings (SSSR count). The van der Waals surface area contributed by atoms with E-state index in [4.69, 9.17) is 10.9 Å². The fraction of sp³-hybridized carbons (Fsp3) is 0.571. The van der Waals surface area contributed by atoms with Crippen molar-refractivity contribution in [1.82, 2.24) is 20.2 Å². The van der Waals surface area contributed by atoms with E-state index in [0.717, 1.165) is 45.3 Å². The lowest BCUT2D eigenvalue weighted by molar-refractivity contribution is -0.141. The molecule has 1 fully saturated rings. The number of hydrogen-bond acceptors (Lipinski definition) is 7. The van der Waals surface area contributed by atoms with Crippen molar-refractivity contribution in [2.75, 3.05) is 25.0 Å². The smallest absolute Gasteiger partial charge is 0.382 e. The van der Waals surface area contributed by atoms with Gasteiger partial charge in [-0.1, -0.05) is 20.3 Å². The Morgan fingerprint density at radius 2 is 1.85 bits per heavy atom. The number of unbranched alkanes of at least 4 members (excludes halogenated alkanes) is 2. The molecule has 2 amide bonds. The Kier molecular flexibility index (Phi) is 9.07. The number of hydroxylamine groups is 1. The van der Waals surface area contributed by atoms with Crippen molar-refractivity contribution in [3.05, 3.63) is 40.7 Å². The molecule has 0 spiro atoms. The van der Waals surface area contributed by atoms with Crippen LogP contribution in [0.5, 0.6) is 0 Å². The number of carbonyl (C=O) groups excluding carboxylic acids is 3. The number of piperidine rings is 1. The van der Waals surface area contributed by atoms with Crippen molar-refractivity contribution < 1.29 is 32.8 Å². The van der Waals surface area contributed by atoms with Gasteiger partial charge in [0.25, 0.3) is 5.91 Å². The molecule has 2 aromatic rings. The summed E-state index contributed by atoms with van der Waals surface area (Å²) in [7, 11) is 0. The highest BCUT2D eigenvalue weighted by Crippen LogP contribution is 2.42. The standard InChI is InChI=1S/C28H37F3N6O4/c1-27(2)15-21-24(22(38)16-27)25(28(29,30)31)34-37(21)18-7-8-19(26(32)40)20(14-18)33-17-9-12-36(13-10-17)11-5-3-4-6-23(39)35-41/h7-8,14,17,33,41H,3-6,9-13,15-16H2,1-2H3,(H2,32,40)(H,35,39). The van der Waals surface area contributed by atoms with E-state index < -0.39 is 29.0 Å². The molecule has 2 aliphatic rings. The van der Waals surface area contributed by atoms with Gasteiger partial charge in [0.05, 0.1) is 22.5 Å². The van der Waals surface area contributed by atoms with E-state index >= 15 is 0 Å². The van der Waals surface area contributed by atoms with Crippen LogP contribution in [-0.2, 0) is 17.4 Å². The number of amides is 2. The number of nitrogens with zero attached hydrogens (tertiary/aromatic N) is 3. The topological polar surface area (TPSA) is 143 Å². The fourth-order valence-corrected chi connectivity index (χ4v) is 5.73. The molecule has 0 saturated carbocycles. The number of likely N-dealkylation sites (tertiary alicyclic amines) is 1. The number of ketones is 1. The van der Waals surface area contributed by atoms with Crippen LogP contribution < -0.4 is 16.5 Å². The first-order chi connectivity index (χ1) is 19.3. The van der Waals surface area contributed by atoms with Crippen molar-refractivity contribution in [2.24, 2.45) is 11.1 Å². The first kappa shape index (κ1) is 30.5. The summed E-state index contributed by atoms with van der Waals surface area (Å²) in [5.41, 5.74) is 6.30. The van der Waals surface area contributed by atoms with E-state index in [9.17, 15) is 27.6 Å². The maximum absolute atomic E-state index is 13.9. The maximum atomic E-state index is 13.9. The van der Waals surface area contributed by atoms with Crippen molar-refractivity contribution in [2.45, 2.75) is 77.4 Å². The van der Waals surface area contributed by atoms with Crippen LogP contribution in [0, 0.1) is 5.41 Å². The van der Waals surface area contributed by atoms with Crippen LogP contribution in [0.3, 0.4) is 0 Å². The third kappa shape index (κ3) is 7.25. The number of carbonyl (C=O) groups is 3. The molecule has 2 heterocycles. The van der Waals surface area contributed by atoms with Crippen LogP contribution in [-0.4, -0.2) is 63.2 Å². The van der Waals surface area contributed by atoms with Gasteiger partial charge in [-0.15, -0.1) is 0 Å². The third-order valence-corrected chi connectivity index (χ3v) is 7.78. The Labute approximate surface area is 236 Å². The van der Waals surface area contributed by atoms with Crippen LogP contribution in [0.15, 0.2) is 18.2 Å². The third-order valence-electron chi connectivity index (χ3n) is 7.78. The quantitative estimate of drug-likeness (QED) is 0.189. The number of aromatic nitrogens is 2. The largest absolute Gasteiger partial charge is 0.435 e. The Balaban J connectivity index is 1.50.